The molecule has 0 bridgehead atoms. The van der Waals surface area contributed by atoms with Gasteiger partial charge in [-0.3, -0.25) is 0 Å². The van der Waals surface area contributed by atoms with Crippen LogP contribution in [0.25, 0.3) is 5.57 Å². The fourth-order valence-corrected chi connectivity index (χ4v) is 2.28. The summed E-state index contributed by atoms with van der Waals surface area (Å²) in [5.74, 6) is -1.03. The highest BCUT2D eigenvalue weighted by molar-refractivity contribution is 5.81. The van der Waals surface area contributed by atoms with Crippen molar-refractivity contribution in [1.82, 2.24) is 0 Å². The Morgan fingerprint density at radius 1 is 1.04 bits per heavy atom. The molecule has 2 nitrogen and oxygen atoms in total. The number of carbonyl (C=O) groups is 1. The van der Waals surface area contributed by atoms with E-state index in [2.05, 4.69) is 47.6 Å². The van der Waals surface area contributed by atoms with Gasteiger partial charge in [-0.15, -0.1) is 0 Å². The Hall–Kier alpha value is -2.09. The molecule has 0 saturated carbocycles. The maximum absolute atomic E-state index is 10.7. The van der Waals surface area contributed by atoms with E-state index in [0.29, 0.717) is 11.1 Å². The van der Waals surface area contributed by atoms with Crippen molar-refractivity contribution < 1.29 is 14.0 Å². The zero-order chi connectivity index (χ0) is 21.9. The molecule has 1 aromatic carbocycles. The number of hydrogen-bond donors (Lipinski definition) is 1. The topological polar surface area (TPSA) is 37.3 Å². The van der Waals surface area contributed by atoms with Crippen molar-refractivity contribution in [2.75, 3.05) is 0 Å². The van der Waals surface area contributed by atoms with Crippen molar-refractivity contribution in [3.8, 4) is 0 Å². The Labute approximate surface area is 157 Å². The summed E-state index contributed by atoms with van der Waals surface area (Å²) in [6.07, 6.45) is 5.83. The van der Waals surface area contributed by atoms with Crippen LogP contribution in [-0.2, 0) is 15.6 Å². The molecule has 0 amide bonds. The Balaban J connectivity index is 3.61. The summed E-state index contributed by atoms with van der Waals surface area (Å²) in [6.45, 7) is 12.0. The van der Waals surface area contributed by atoms with Crippen molar-refractivity contribution in [3.63, 3.8) is 0 Å². The molecule has 0 aliphatic heterocycles. The molecule has 0 aliphatic rings. The van der Waals surface area contributed by atoms with Gasteiger partial charge in [0, 0.05) is 10.2 Å². The lowest BCUT2D eigenvalue weighted by atomic mass is 9.79. The van der Waals surface area contributed by atoms with Gasteiger partial charge >= 0.3 is 5.97 Å². The van der Waals surface area contributed by atoms with Gasteiger partial charge in [0.25, 0.3) is 0 Å². The van der Waals surface area contributed by atoms with Crippen molar-refractivity contribution in [1.29, 1.82) is 0 Å². The van der Waals surface area contributed by atoms with E-state index in [4.69, 9.17) is 9.22 Å². The second-order valence-corrected chi connectivity index (χ2v) is 8.47. The minimum absolute atomic E-state index is 0.119. The lowest BCUT2D eigenvalue weighted by Gasteiger charge is -2.26. The number of aliphatic carboxylic acids is 1. The van der Waals surface area contributed by atoms with Crippen molar-refractivity contribution in [3.05, 3.63) is 64.8 Å². The summed E-state index contributed by atoms with van der Waals surface area (Å²) in [5, 5.41) is 8.80. The van der Waals surface area contributed by atoms with Crippen molar-refractivity contribution in [2.45, 2.75) is 66.1 Å². The lowest BCUT2D eigenvalue weighted by molar-refractivity contribution is -0.131. The van der Waals surface area contributed by atoms with Crippen LogP contribution >= 0.6 is 0 Å². The van der Waals surface area contributed by atoms with Crippen LogP contribution in [0.2, 0.25) is 0 Å². The third-order valence-electron chi connectivity index (χ3n) is 3.95. The van der Waals surface area contributed by atoms with Crippen LogP contribution in [0, 0.1) is 0 Å². The average molecular weight is 345 g/mol. The molecule has 1 aromatic rings. The van der Waals surface area contributed by atoms with Crippen molar-refractivity contribution in [2.24, 2.45) is 0 Å². The van der Waals surface area contributed by atoms with Crippen LogP contribution < -0.4 is 0 Å². The monoisotopic (exact) mass is 344 g/mol. The Morgan fingerprint density at radius 3 is 1.96 bits per heavy atom. The molecule has 0 atom stereocenters. The predicted molar refractivity (Wildman–Crippen MR) is 108 cm³/mol. The number of allylic oxidation sites excluding steroid dienone is 5. The van der Waals surface area contributed by atoms with E-state index in [1.165, 1.54) is 0 Å². The highest BCUT2D eigenvalue weighted by Gasteiger charge is 2.20. The zero-order valence-electron chi connectivity index (χ0n) is 19.4. The van der Waals surface area contributed by atoms with Crippen LogP contribution in [0.5, 0.6) is 0 Å². The third-order valence-corrected chi connectivity index (χ3v) is 3.95. The standard InChI is InChI=1S/C23H32O2/c1-16(12-21(24)25)10-9-11-17(2)18-13-19(22(3,4)5)15-20(14-18)23(6,7)8/h9-15H,1-8H3,(H,24,25)/b10-9+,16-12+,17-11+/i2+1D3. The molecular weight excluding hydrogens is 309 g/mol. The van der Waals surface area contributed by atoms with Crippen LogP contribution in [0.3, 0.4) is 0 Å². The van der Waals surface area contributed by atoms with Crippen LogP contribution in [0.4, 0.5) is 0 Å². The second kappa shape index (κ2) is 7.86. The molecule has 0 radical (unpaired) electrons. The van der Waals surface area contributed by atoms with Crippen molar-refractivity contribution >= 4 is 11.5 Å². The first kappa shape index (κ1) is 16.4. The minimum Gasteiger partial charge on any atom is -0.478 e. The summed E-state index contributed by atoms with van der Waals surface area (Å²) in [5.41, 5.74) is 3.36. The fourth-order valence-electron chi connectivity index (χ4n) is 2.28. The molecule has 0 heterocycles. The second-order valence-electron chi connectivity index (χ2n) is 8.47. The van der Waals surface area contributed by atoms with E-state index in [1.807, 2.05) is 12.1 Å². The van der Waals surface area contributed by atoms with E-state index < -0.39 is 12.8 Å². The summed E-state index contributed by atoms with van der Waals surface area (Å²) < 4.78 is 24.0. The van der Waals surface area contributed by atoms with Crippen LogP contribution in [-0.4, -0.2) is 11.1 Å². The zero-order valence-corrected chi connectivity index (χ0v) is 16.4. The molecule has 2 heteroatoms. The fraction of sp³-hybridized carbons (Fsp3) is 0.435. The molecular formula is C23H32O2. The van der Waals surface area contributed by atoms with E-state index in [0.717, 1.165) is 17.2 Å². The summed E-state index contributed by atoms with van der Waals surface area (Å²) in [6, 6.07) is 6.04. The maximum Gasteiger partial charge on any atom is 0.328 e. The quantitative estimate of drug-likeness (QED) is 0.397. The summed E-state index contributed by atoms with van der Waals surface area (Å²) >= 11 is 0. The number of carboxylic acid groups (broad SMARTS) is 1. The summed E-state index contributed by atoms with van der Waals surface area (Å²) in [7, 11) is 0. The largest absolute Gasteiger partial charge is 0.478 e. The maximum atomic E-state index is 10.7. The van der Waals surface area contributed by atoms with Gasteiger partial charge in [0.2, 0.25) is 0 Å². The summed E-state index contributed by atoms with van der Waals surface area (Å²) in [4.78, 5) is 10.7. The van der Waals surface area contributed by atoms with Gasteiger partial charge in [-0.05, 0) is 52.4 Å². The number of benzene rings is 1. The SMILES string of the molecule is [2H][13C]([2H])([2H])\C(=C/C=C/C(C)=C/C(=O)O)c1cc(C(C)(C)C)cc(C(C)(C)C)c1. The number of rotatable bonds is 4. The highest BCUT2D eigenvalue weighted by atomic mass is 16.4. The van der Waals surface area contributed by atoms with Gasteiger partial charge in [-0.2, -0.15) is 0 Å². The first-order valence-corrected chi connectivity index (χ1v) is 8.48. The van der Waals surface area contributed by atoms with Gasteiger partial charge in [-0.25, -0.2) is 4.79 Å². The normalized spacial score (nSPS) is 16.5. The van der Waals surface area contributed by atoms with E-state index in [-0.39, 0.29) is 16.4 Å². The molecule has 0 fully saturated rings. The first-order valence-electron chi connectivity index (χ1n) is 9.98. The number of hydrogen-bond acceptors (Lipinski definition) is 1. The Kier molecular flexibility index (Phi) is 5.15. The molecule has 1 N–H and O–H groups in total. The van der Waals surface area contributed by atoms with Gasteiger partial charge in [-0.1, -0.05) is 78.0 Å². The predicted octanol–water partition coefficient (Wildman–Crippen LogP) is 6.27. The molecule has 0 aromatic heterocycles. The minimum atomic E-state index is -2.29. The Bertz CT molecular complexity index is 779. The molecule has 1 rings (SSSR count). The lowest BCUT2D eigenvalue weighted by Crippen LogP contribution is -2.16. The molecule has 0 saturated heterocycles. The smallest absolute Gasteiger partial charge is 0.328 e. The molecule has 25 heavy (non-hydrogen) atoms. The van der Waals surface area contributed by atoms with Crippen LogP contribution in [0.15, 0.2) is 48.1 Å². The molecule has 0 unspecified atom stereocenters. The van der Waals surface area contributed by atoms with E-state index in [9.17, 15) is 4.79 Å². The molecule has 0 spiro atoms. The van der Waals surface area contributed by atoms with E-state index >= 15 is 0 Å². The van der Waals surface area contributed by atoms with E-state index in [1.54, 1.807) is 25.2 Å². The number of carboxylic acids is 1. The first-order chi connectivity index (χ1) is 12.5. The highest BCUT2D eigenvalue weighted by Crippen LogP contribution is 2.32. The van der Waals surface area contributed by atoms with Gasteiger partial charge in [0.1, 0.15) is 0 Å². The molecule has 0 aliphatic carbocycles. The third kappa shape index (κ3) is 6.74. The molecule has 136 valence electrons. The van der Waals surface area contributed by atoms with Crippen LogP contribution in [0.1, 0.15) is 76.1 Å². The van der Waals surface area contributed by atoms with Gasteiger partial charge < -0.3 is 5.11 Å². The van der Waals surface area contributed by atoms with Gasteiger partial charge in [0.15, 0.2) is 0 Å². The van der Waals surface area contributed by atoms with Gasteiger partial charge in [0.05, 0.1) is 0 Å². The average Bonchev–Trinajstić information content (AvgIpc) is 2.47. The Morgan fingerprint density at radius 2 is 1.56 bits per heavy atom.